The van der Waals surface area contributed by atoms with Gasteiger partial charge in [0.2, 0.25) is 11.8 Å². The second-order valence-electron chi connectivity index (χ2n) is 6.34. The van der Waals surface area contributed by atoms with Crippen LogP contribution < -0.4 is 5.32 Å². The van der Waals surface area contributed by atoms with E-state index in [0.29, 0.717) is 6.42 Å². The van der Waals surface area contributed by atoms with E-state index in [1.165, 1.54) is 6.42 Å². The number of hydrogen-bond donors (Lipinski definition) is 1. The van der Waals surface area contributed by atoms with Gasteiger partial charge in [-0.1, -0.05) is 0 Å². The number of quaternary nitrogens is 1. The fourth-order valence-corrected chi connectivity index (χ4v) is 2.22. The van der Waals surface area contributed by atoms with Crippen molar-refractivity contribution in [2.75, 3.05) is 47.3 Å². The Morgan fingerprint density at radius 3 is 2.58 bits per heavy atom. The van der Waals surface area contributed by atoms with Crippen molar-refractivity contribution >= 4 is 11.8 Å². The molecular formula is C14H28N3O2+. The smallest absolute Gasteiger partial charge is 0.239 e. The third kappa shape index (κ3) is 7.15. The van der Waals surface area contributed by atoms with Gasteiger partial charge in [0, 0.05) is 19.5 Å². The van der Waals surface area contributed by atoms with Gasteiger partial charge in [-0.15, -0.1) is 0 Å². The molecule has 2 amide bonds. The molecule has 0 unspecified atom stereocenters. The number of amides is 2. The number of nitrogens with zero attached hydrogens (tertiary/aromatic N) is 2. The lowest BCUT2D eigenvalue weighted by atomic mass is 10.2. The molecule has 5 heteroatoms. The molecule has 1 rings (SSSR count). The third-order valence-electron chi connectivity index (χ3n) is 3.33. The Hall–Kier alpha value is -1.10. The molecule has 0 aliphatic carbocycles. The maximum absolute atomic E-state index is 11.6. The number of likely N-dealkylation sites (tertiary alicyclic amines) is 1. The lowest BCUT2D eigenvalue weighted by Crippen LogP contribution is -2.38. The first-order valence-electron chi connectivity index (χ1n) is 7.23. The van der Waals surface area contributed by atoms with Gasteiger partial charge in [0.25, 0.3) is 0 Å². The van der Waals surface area contributed by atoms with Gasteiger partial charge in [-0.2, -0.15) is 0 Å². The van der Waals surface area contributed by atoms with Crippen molar-refractivity contribution in [2.45, 2.75) is 32.1 Å². The van der Waals surface area contributed by atoms with Crippen LogP contribution in [0.2, 0.25) is 0 Å². The normalized spacial score (nSPS) is 15.9. The van der Waals surface area contributed by atoms with E-state index < -0.39 is 0 Å². The average Bonchev–Trinajstić information content (AvgIpc) is 2.68. The lowest BCUT2D eigenvalue weighted by Gasteiger charge is -2.23. The maximum atomic E-state index is 11.6. The second-order valence-corrected chi connectivity index (χ2v) is 6.34. The van der Waals surface area contributed by atoms with Gasteiger partial charge in [0.1, 0.15) is 0 Å². The molecule has 0 saturated carbocycles. The number of rotatable bonds is 8. The van der Waals surface area contributed by atoms with Crippen LogP contribution in [-0.2, 0) is 9.59 Å². The summed E-state index contributed by atoms with van der Waals surface area (Å²) in [5, 5.41) is 2.89. The SMILES string of the molecule is C[N+](C)(C)CCCCCNC(=O)CN1CCCC1=O. The predicted molar refractivity (Wildman–Crippen MR) is 75.6 cm³/mol. The zero-order valence-corrected chi connectivity index (χ0v) is 12.6. The van der Waals surface area contributed by atoms with E-state index in [1.54, 1.807) is 4.90 Å². The summed E-state index contributed by atoms with van der Waals surface area (Å²) in [4.78, 5) is 24.6. The molecule has 1 fully saturated rings. The average molecular weight is 270 g/mol. The van der Waals surface area contributed by atoms with Crippen LogP contribution in [0.25, 0.3) is 0 Å². The highest BCUT2D eigenvalue weighted by Crippen LogP contribution is 2.08. The minimum absolute atomic E-state index is 0.0261. The third-order valence-corrected chi connectivity index (χ3v) is 3.33. The van der Waals surface area contributed by atoms with Gasteiger partial charge in [0.05, 0.1) is 34.2 Å². The molecule has 19 heavy (non-hydrogen) atoms. The highest BCUT2D eigenvalue weighted by Gasteiger charge is 2.21. The van der Waals surface area contributed by atoms with Gasteiger partial charge in [-0.05, 0) is 25.7 Å². The van der Waals surface area contributed by atoms with Crippen LogP contribution in [0.5, 0.6) is 0 Å². The van der Waals surface area contributed by atoms with E-state index in [9.17, 15) is 9.59 Å². The van der Waals surface area contributed by atoms with Crippen molar-refractivity contribution in [1.29, 1.82) is 0 Å². The van der Waals surface area contributed by atoms with Crippen LogP contribution in [0, 0.1) is 0 Å². The van der Waals surface area contributed by atoms with Crippen molar-refractivity contribution in [3.63, 3.8) is 0 Å². The summed E-state index contributed by atoms with van der Waals surface area (Å²) in [6, 6.07) is 0. The van der Waals surface area contributed by atoms with E-state index >= 15 is 0 Å². The van der Waals surface area contributed by atoms with Crippen LogP contribution in [0.1, 0.15) is 32.1 Å². The highest BCUT2D eigenvalue weighted by molar-refractivity contribution is 5.85. The fourth-order valence-electron chi connectivity index (χ4n) is 2.22. The Balaban J connectivity index is 2.00. The van der Waals surface area contributed by atoms with E-state index in [4.69, 9.17) is 0 Å². The summed E-state index contributed by atoms with van der Waals surface area (Å²) in [7, 11) is 6.57. The van der Waals surface area contributed by atoms with E-state index in [0.717, 1.165) is 43.4 Å². The number of unbranched alkanes of at least 4 members (excludes halogenated alkanes) is 2. The summed E-state index contributed by atoms with van der Waals surface area (Å²) < 4.78 is 0.990. The number of carbonyl (C=O) groups excluding carboxylic acids is 2. The quantitative estimate of drug-likeness (QED) is 0.519. The molecule has 5 nitrogen and oxygen atoms in total. The summed E-state index contributed by atoms with van der Waals surface area (Å²) in [6.07, 6.45) is 4.82. The Bertz CT molecular complexity index is 310. The zero-order chi connectivity index (χ0) is 14.3. The molecule has 110 valence electrons. The maximum Gasteiger partial charge on any atom is 0.239 e. The van der Waals surface area contributed by atoms with Crippen molar-refractivity contribution in [3.05, 3.63) is 0 Å². The molecular weight excluding hydrogens is 242 g/mol. The summed E-state index contributed by atoms with van der Waals surface area (Å²) >= 11 is 0. The summed E-state index contributed by atoms with van der Waals surface area (Å²) in [5.74, 6) is 0.0833. The number of carbonyl (C=O) groups is 2. The second kappa shape index (κ2) is 7.48. The Kier molecular flexibility index (Phi) is 6.28. The van der Waals surface area contributed by atoms with E-state index in [2.05, 4.69) is 26.5 Å². The molecule has 1 saturated heterocycles. The van der Waals surface area contributed by atoms with Crippen LogP contribution in [0.4, 0.5) is 0 Å². The van der Waals surface area contributed by atoms with Crippen LogP contribution in [0.3, 0.4) is 0 Å². The predicted octanol–water partition coefficient (Wildman–Crippen LogP) is 0.602. The largest absolute Gasteiger partial charge is 0.355 e. The number of hydrogen-bond acceptors (Lipinski definition) is 2. The summed E-state index contributed by atoms with van der Waals surface area (Å²) in [5.41, 5.74) is 0. The standard InChI is InChI=1S/C14H27N3O2/c1-17(2,3)11-6-4-5-9-15-13(18)12-16-10-7-8-14(16)19/h4-12H2,1-3H3/p+1. The monoisotopic (exact) mass is 270 g/mol. The molecule has 0 aromatic heterocycles. The molecule has 0 bridgehead atoms. The molecule has 1 heterocycles. The van der Waals surface area contributed by atoms with Crippen LogP contribution in [0.15, 0.2) is 0 Å². The van der Waals surface area contributed by atoms with Crippen LogP contribution >= 0.6 is 0 Å². The molecule has 0 radical (unpaired) electrons. The Morgan fingerprint density at radius 1 is 1.26 bits per heavy atom. The van der Waals surface area contributed by atoms with Crippen molar-refractivity contribution < 1.29 is 14.1 Å². The minimum atomic E-state index is -0.0261. The van der Waals surface area contributed by atoms with Crippen molar-refractivity contribution in [3.8, 4) is 0 Å². The minimum Gasteiger partial charge on any atom is -0.355 e. The lowest BCUT2D eigenvalue weighted by molar-refractivity contribution is -0.870. The van der Waals surface area contributed by atoms with Gasteiger partial charge in [0.15, 0.2) is 0 Å². The number of nitrogens with one attached hydrogen (secondary N) is 1. The van der Waals surface area contributed by atoms with E-state index in [1.807, 2.05) is 0 Å². The van der Waals surface area contributed by atoms with Crippen molar-refractivity contribution in [1.82, 2.24) is 10.2 Å². The molecule has 0 atom stereocenters. The first-order valence-corrected chi connectivity index (χ1v) is 7.23. The van der Waals surface area contributed by atoms with Crippen molar-refractivity contribution in [2.24, 2.45) is 0 Å². The Morgan fingerprint density at radius 2 is 2.00 bits per heavy atom. The molecule has 0 aromatic rings. The highest BCUT2D eigenvalue weighted by atomic mass is 16.2. The molecule has 1 aliphatic rings. The molecule has 1 N–H and O–H groups in total. The molecule has 0 aromatic carbocycles. The Labute approximate surface area is 116 Å². The topological polar surface area (TPSA) is 49.4 Å². The molecule has 0 spiro atoms. The van der Waals surface area contributed by atoms with Gasteiger partial charge in [-0.3, -0.25) is 9.59 Å². The van der Waals surface area contributed by atoms with Gasteiger partial charge >= 0.3 is 0 Å². The van der Waals surface area contributed by atoms with E-state index in [-0.39, 0.29) is 18.4 Å². The first kappa shape index (κ1) is 16.0. The van der Waals surface area contributed by atoms with Crippen LogP contribution in [-0.4, -0.2) is 68.5 Å². The fraction of sp³-hybridized carbons (Fsp3) is 0.857. The molecule has 1 aliphatic heterocycles. The van der Waals surface area contributed by atoms with Gasteiger partial charge in [-0.25, -0.2) is 0 Å². The van der Waals surface area contributed by atoms with Gasteiger partial charge < -0.3 is 14.7 Å². The zero-order valence-electron chi connectivity index (χ0n) is 12.6. The summed E-state index contributed by atoms with van der Waals surface area (Å²) in [6.45, 7) is 2.85. The first-order chi connectivity index (χ1) is 8.88.